The average molecular weight is 631 g/mol. The van der Waals surface area contributed by atoms with E-state index < -0.39 is 26.8 Å². The standard InChI is InChI=1S/C32H31FN6O3S2/c1-20-15-25(8-10-29(20)44(41,42)26-11-13-34-14-12-26)37-31-35-18-22(19-36-31)6-5-21-7-9-27-28(16-21)43-32(38-27)39-30(40)23-3-2-4-24(33)17-23/h2-10,15-20,26,29,34H,11-14H2,1H3,(H,35,36,37)(H,38,39,40)/b6-5+. The number of halogens is 1. The summed E-state index contributed by atoms with van der Waals surface area (Å²) >= 11 is 1.34. The van der Waals surface area contributed by atoms with Gasteiger partial charge in [0.1, 0.15) is 5.82 Å². The highest BCUT2D eigenvalue weighted by atomic mass is 32.2. The minimum Gasteiger partial charge on any atom is -0.324 e. The first-order valence-corrected chi connectivity index (χ1v) is 16.8. The van der Waals surface area contributed by atoms with Gasteiger partial charge < -0.3 is 10.6 Å². The van der Waals surface area contributed by atoms with E-state index in [1.807, 2.05) is 43.4 Å². The van der Waals surface area contributed by atoms with Crippen molar-refractivity contribution in [2.75, 3.05) is 23.7 Å². The quantitative estimate of drug-likeness (QED) is 0.227. The number of hydrogen-bond donors (Lipinski definition) is 3. The number of anilines is 2. The summed E-state index contributed by atoms with van der Waals surface area (Å²) in [4.78, 5) is 25.7. The molecule has 2 aliphatic rings. The number of carbonyl (C=O) groups excluding carboxylic acids is 1. The smallest absolute Gasteiger partial charge is 0.257 e. The topological polar surface area (TPSA) is 126 Å². The number of aromatic nitrogens is 3. The van der Waals surface area contributed by atoms with Gasteiger partial charge in [0.05, 0.1) is 20.7 Å². The third-order valence-corrected chi connectivity index (χ3v) is 11.4. The van der Waals surface area contributed by atoms with Gasteiger partial charge in [0.15, 0.2) is 15.0 Å². The monoisotopic (exact) mass is 630 g/mol. The molecule has 0 bridgehead atoms. The Kier molecular flexibility index (Phi) is 8.65. The molecule has 3 heterocycles. The van der Waals surface area contributed by atoms with Gasteiger partial charge in [-0.15, -0.1) is 0 Å². The fourth-order valence-corrected chi connectivity index (χ4v) is 8.57. The Hall–Kier alpha value is -4.26. The number of nitrogens with one attached hydrogen (secondary N) is 3. The van der Waals surface area contributed by atoms with Crippen LogP contribution in [0.4, 0.5) is 15.5 Å². The van der Waals surface area contributed by atoms with E-state index in [4.69, 9.17) is 0 Å². The molecule has 1 amide bonds. The lowest BCUT2D eigenvalue weighted by Crippen LogP contribution is -2.42. The maximum atomic E-state index is 13.5. The lowest BCUT2D eigenvalue weighted by molar-refractivity contribution is 0.102. The van der Waals surface area contributed by atoms with E-state index in [0.717, 1.165) is 40.1 Å². The Morgan fingerprint density at radius 3 is 2.59 bits per heavy atom. The van der Waals surface area contributed by atoms with Crippen molar-refractivity contribution in [3.05, 3.63) is 101 Å². The highest BCUT2D eigenvalue weighted by Crippen LogP contribution is 2.30. The lowest BCUT2D eigenvalue weighted by atomic mass is 10.0. The van der Waals surface area contributed by atoms with E-state index in [0.29, 0.717) is 23.9 Å². The number of amides is 1. The fourth-order valence-electron chi connectivity index (χ4n) is 5.35. The fraction of sp³-hybridized carbons (Fsp3) is 0.250. The Balaban J connectivity index is 1.06. The van der Waals surface area contributed by atoms with Crippen molar-refractivity contribution in [3.8, 4) is 0 Å². The molecule has 0 spiro atoms. The number of hydrogen-bond acceptors (Lipinski definition) is 9. The molecule has 0 radical (unpaired) electrons. The molecule has 3 N–H and O–H groups in total. The molecular weight excluding hydrogens is 600 g/mol. The Morgan fingerprint density at radius 2 is 1.84 bits per heavy atom. The molecule has 0 saturated carbocycles. The largest absolute Gasteiger partial charge is 0.324 e. The number of rotatable bonds is 8. The van der Waals surface area contributed by atoms with Crippen LogP contribution < -0.4 is 16.0 Å². The Morgan fingerprint density at radius 1 is 1.07 bits per heavy atom. The summed E-state index contributed by atoms with van der Waals surface area (Å²) < 4.78 is 40.7. The van der Waals surface area contributed by atoms with Gasteiger partial charge in [0.25, 0.3) is 5.91 Å². The molecule has 9 nitrogen and oxygen atoms in total. The van der Waals surface area contributed by atoms with E-state index in [2.05, 4.69) is 30.9 Å². The van der Waals surface area contributed by atoms with Crippen LogP contribution in [0.1, 0.15) is 41.3 Å². The average Bonchev–Trinajstić information content (AvgIpc) is 3.42. The van der Waals surface area contributed by atoms with Crippen molar-refractivity contribution in [2.45, 2.75) is 30.3 Å². The number of sulfone groups is 1. The van der Waals surface area contributed by atoms with Crippen LogP contribution in [-0.4, -0.2) is 52.9 Å². The van der Waals surface area contributed by atoms with Crippen LogP contribution in [0.5, 0.6) is 0 Å². The lowest BCUT2D eigenvalue weighted by Gasteiger charge is -2.30. The predicted octanol–water partition coefficient (Wildman–Crippen LogP) is 5.69. The zero-order valence-corrected chi connectivity index (χ0v) is 25.5. The minimum absolute atomic E-state index is 0.165. The highest BCUT2D eigenvalue weighted by molar-refractivity contribution is 7.92. The molecule has 12 heteroatoms. The third kappa shape index (κ3) is 6.77. The van der Waals surface area contributed by atoms with E-state index in [1.54, 1.807) is 30.6 Å². The molecule has 6 rings (SSSR count). The number of thiazole rings is 1. The first kappa shape index (κ1) is 29.8. The van der Waals surface area contributed by atoms with Crippen molar-refractivity contribution in [2.24, 2.45) is 5.92 Å². The molecule has 2 atom stereocenters. The molecule has 226 valence electrons. The maximum absolute atomic E-state index is 13.5. The molecule has 2 aromatic heterocycles. The van der Waals surface area contributed by atoms with Crippen LogP contribution in [0.2, 0.25) is 0 Å². The van der Waals surface area contributed by atoms with Gasteiger partial charge in [0, 0.05) is 29.2 Å². The van der Waals surface area contributed by atoms with Crippen LogP contribution in [-0.2, 0) is 9.84 Å². The number of benzene rings is 2. The van der Waals surface area contributed by atoms with Crippen LogP contribution in [0.25, 0.3) is 22.4 Å². The van der Waals surface area contributed by atoms with E-state index in [9.17, 15) is 17.6 Å². The van der Waals surface area contributed by atoms with Crippen molar-refractivity contribution in [1.29, 1.82) is 0 Å². The van der Waals surface area contributed by atoms with E-state index in [1.165, 1.54) is 29.5 Å². The van der Waals surface area contributed by atoms with Crippen molar-refractivity contribution in [1.82, 2.24) is 20.3 Å². The van der Waals surface area contributed by atoms with Crippen molar-refractivity contribution < 1.29 is 17.6 Å². The minimum atomic E-state index is -3.26. The molecule has 44 heavy (non-hydrogen) atoms. The summed E-state index contributed by atoms with van der Waals surface area (Å²) in [5, 5.41) is 8.75. The maximum Gasteiger partial charge on any atom is 0.257 e. The zero-order chi connectivity index (χ0) is 30.7. The van der Waals surface area contributed by atoms with Gasteiger partial charge in [-0.25, -0.2) is 27.8 Å². The predicted molar refractivity (Wildman–Crippen MR) is 174 cm³/mol. The van der Waals surface area contributed by atoms with Crippen LogP contribution in [0.3, 0.4) is 0 Å². The highest BCUT2D eigenvalue weighted by Gasteiger charge is 2.37. The number of carbonyl (C=O) groups is 1. The van der Waals surface area contributed by atoms with Gasteiger partial charge in [-0.2, -0.15) is 0 Å². The normalized spacial score (nSPS) is 19.3. The molecule has 2 aromatic carbocycles. The second-order valence-electron chi connectivity index (χ2n) is 10.9. The summed E-state index contributed by atoms with van der Waals surface area (Å²) in [5.74, 6) is -0.638. The first-order valence-electron chi connectivity index (χ1n) is 14.3. The molecule has 1 fully saturated rings. The molecule has 1 aliphatic heterocycles. The second-order valence-corrected chi connectivity index (χ2v) is 14.3. The molecule has 1 saturated heterocycles. The summed E-state index contributed by atoms with van der Waals surface area (Å²) in [6.07, 6.45) is 14.1. The molecular formula is C32H31FN6O3S2. The van der Waals surface area contributed by atoms with Gasteiger partial charge in [-0.3, -0.25) is 10.1 Å². The molecule has 1 aliphatic carbocycles. The Labute approximate surface area is 259 Å². The second kappa shape index (κ2) is 12.8. The van der Waals surface area contributed by atoms with Gasteiger partial charge in [-0.05, 0) is 73.8 Å². The first-order chi connectivity index (χ1) is 21.2. The molecule has 2 unspecified atom stereocenters. The summed E-state index contributed by atoms with van der Waals surface area (Å²) in [5.41, 5.74) is 3.48. The number of allylic oxidation sites excluding steroid dienone is 2. The van der Waals surface area contributed by atoms with E-state index >= 15 is 0 Å². The van der Waals surface area contributed by atoms with Crippen LogP contribution in [0, 0.1) is 11.7 Å². The van der Waals surface area contributed by atoms with Crippen LogP contribution >= 0.6 is 11.3 Å². The van der Waals surface area contributed by atoms with Crippen molar-refractivity contribution >= 4 is 60.5 Å². The summed E-state index contributed by atoms with van der Waals surface area (Å²) in [6.45, 7) is 3.41. The summed E-state index contributed by atoms with van der Waals surface area (Å²) in [7, 11) is -3.26. The number of piperidine rings is 1. The van der Waals surface area contributed by atoms with Crippen molar-refractivity contribution in [3.63, 3.8) is 0 Å². The SMILES string of the molecule is CC1C=C(Nc2ncc(/C=C/c3ccc4nc(NC(=O)c5cccc(F)c5)sc4c3)cn2)C=CC1S(=O)(=O)C1CCNCC1. The zero-order valence-electron chi connectivity index (χ0n) is 23.9. The van der Waals surface area contributed by atoms with Gasteiger partial charge in [-0.1, -0.05) is 54.7 Å². The number of fused-ring (bicyclic) bond motifs is 1. The summed E-state index contributed by atoms with van der Waals surface area (Å²) in [6, 6.07) is 11.3. The van der Waals surface area contributed by atoms with E-state index in [-0.39, 0.29) is 16.7 Å². The number of nitrogens with zero attached hydrogens (tertiary/aromatic N) is 3. The Bertz CT molecular complexity index is 1880. The molecule has 4 aromatic rings. The van der Waals surface area contributed by atoms with Gasteiger partial charge >= 0.3 is 0 Å². The third-order valence-electron chi connectivity index (χ3n) is 7.67. The van der Waals surface area contributed by atoms with Gasteiger partial charge in [0.2, 0.25) is 5.95 Å². The van der Waals surface area contributed by atoms with Crippen LogP contribution in [0.15, 0.2) is 78.8 Å².